The summed E-state index contributed by atoms with van der Waals surface area (Å²) in [5.41, 5.74) is -1.22. The molecule has 6 nitrogen and oxygen atoms in total. The van der Waals surface area contributed by atoms with E-state index in [0.29, 0.717) is 17.3 Å². The Morgan fingerprint density at radius 1 is 1.32 bits per heavy atom. The third-order valence-electron chi connectivity index (χ3n) is 4.37. The number of carbonyl (C=O) groups is 2. The summed E-state index contributed by atoms with van der Waals surface area (Å²) in [6, 6.07) is 10.8. The first-order valence-electron chi connectivity index (χ1n) is 9.35. The molecule has 1 aromatic carbocycles. The van der Waals surface area contributed by atoms with E-state index in [1.54, 1.807) is 30.3 Å². The van der Waals surface area contributed by atoms with E-state index < -0.39 is 41.0 Å². The molecule has 1 aromatic heterocycles. The van der Waals surface area contributed by atoms with Gasteiger partial charge < -0.3 is 10.1 Å². The number of benzene rings is 1. The number of hydrogen-bond acceptors (Lipinski definition) is 6. The minimum Gasteiger partial charge on any atom is -0.447 e. The fraction of sp³-hybridized carbons (Fsp3) is 0.333. The third kappa shape index (κ3) is 5.98. The van der Waals surface area contributed by atoms with Gasteiger partial charge in [0.1, 0.15) is 11.1 Å². The van der Waals surface area contributed by atoms with Crippen molar-refractivity contribution in [2.75, 3.05) is 5.75 Å². The van der Waals surface area contributed by atoms with E-state index >= 15 is 0 Å². The predicted molar refractivity (Wildman–Crippen MR) is 106 cm³/mol. The molecule has 0 aliphatic heterocycles. The Morgan fingerprint density at radius 3 is 2.58 bits per heavy atom. The van der Waals surface area contributed by atoms with Crippen LogP contribution >= 0.6 is 11.8 Å². The van der Waals surface area contributed by atoms with Crippen LogP contribution < -0.4 is 5.32 Å². The molecule has 31 heavy (non-hydrogen) atoms. The fourth-order valence-corrected chi connectivity index (χ4v) is 3.61. The van der Waals surface area contributed by atoms with E-state index in [1.165, 1.54) is 13.0 Å². The van der Waals surface area contributed by atoms with Crippen LogP contribution in [0.5, 0.6) is 0 Å². The van der Waals surface area contributed by atoms with Gasteiger partial charge in [0.05, 0.1) is 16.9 Å². The molecular weight excluding hydrogens is 431 g/mol. The number of hydrogen-bond donors (Lipinski definition) is 1. The van der Waals surface area contributed by atoms with E-state index in [4.69, 9.17) is 4.74 Å². The van der Waals surface area contributed by atoms with Gasteiger partial charge in [-0.3, -0.25) is 9.59 Å². The van der Waals surface area contributed by atoms with Crippen molar-refractivity contribution >= 4 is 23.6 Å². The maximum absolute atomic E-state index is 13.2. The third-order valence-corrected chi connectivity index (χ3v) is 5.32. The van der Waals surface area contributed by atoms with Crippen molar-refractivity contribution in [3.8, 4) is 6.07 Å². The van der Waals surface area contributed by atoms with Crippen molar-refractivity contribution in [1.82, 2.24) is 10.3 Å². The van der Waals surface area contributed by atoms with Gasteiger partial charge in [-0.1, -0.05) is 42.1 Å². The van der Waals surface area contributed by atoms with E-state index in [0.717, 1.165) is 18.9 Å². The molecule has 10 heteroatoms. The number of thioether (sulfide) groups is 1. The molecule has 3 rings (SSSR count). The lowest BCUT2D eigenvalue weighted by atomic mass is 10.1. The molecule has 162 valence electrons. The first kappa shape index (κ1) is 22.6. The molecular formula is C21H18F3N3O3S. The largest absolute Gasteiger partial charge is 0.447 e. The van der Waals surface area contributed by atoms with Crippen LogP contribution in [-0.4, -0.2) is 28.7 Å². The van der Waals surface area contributed by atoms with Gasteiger partial charge in [-0.2, -0.15) is 18.4 Å². The number of amides is 1. The van der Waals surface area contributed by atoms with Crippen molar-refractivity contribution in [1.29, 1.82) is 5.26 Å². The number of carbonyl (C=O) groups excluding carboxylic acids is 2. The molecule has 1 heterocycles. The van der Waals surface area contributed by atoms with Crippen LogP contribution in [0.25, 0.3) is 0 Å². The smallest absolute Gasteiger partial charge is 0.417 e. The topological polar surface area (TPSA) is 92.1 Å². The number of alkyl halides is 3. The summed E-state index contributed by atoms with van der Waals surface area (Å²) >= 11 is 0.659. The Balaban J connectivity index is 1.74. The molecule has 0 spiro atoms. The number of ether oxygens (including phenoxy) is 1. The summed E-state index contributed by atoms with van der Waals surface area (Å²) in [4.78, 5) is 28.9. The lowest BCUT2D eigenvalue weighted by Gasteiger charge is -2.18. The first-order chi connectivity index (χ1) is 14.7. The zero-order chi connectivity index (χ0) is 22.6. The highest BCUT2D eigenvalue weighted by Gasteiger charge is 2.36. The monoisotopic (exact) mass is 449 g/mol. The molecule has 1 atom stereocenters. The fourth-order valence-electron chi connectivity index (χ4n) is 2.78. The SMILES string of the molecule is Cc1cc(C(F)(F)F)c(C#N)c(SCC(=O)O[C@@H](C(=O)NC2CC2)c2ccccc2)n1. The Kier molecular flexibility index (Phi) is 6.85. The Hall–Kier alpha value is -3.06. The maximum Gasteiger partial charge on any atom is 0.417 e. The minimum atomic E-state index is -4.73. The second kappa shape index (κ2) is 9.39. The predicted octanol–water partition coefficient (Wildman–Crippen LogP) is 3.94. The van der Waals surface area contributed by atoms with Gasteiger partial charge in [-0.25, -0.2) is 4.98 Å². The van der Waals surface area contributed by atoms with E-state index in [1.807, 2.05) is 0 Å². The van der Waals surface area contributed by atoms with E-state index in [2.05, 4.69) is 10.3 Å². The van der Waals surface area contributed by atoms with Crippen molar-refractivity contribution in [3.05, 3.63) is 58.8 Å². The summed E-state index contributed by atoms with van der Waals surface area (Å²) in [7, 11) is 0. The molecule has 0 saturated heterocycles. The number of halogens is 3. The second-order valence-electron chi connectivity index (χ2n) is 6.95. The quantitative estimate of drug-likeness (QED) is 0.509. The molecule has 1 saturated carbocycles. The lowest BCUT2D eigenvalue weighted by molar-refractivity contribution is -0.154. The number of nitriles is 1. The van der Waals surface area contributed by atoms with Crippen LogP contribution in [-0.2, 0) is 20.5 Å². The summed E-state index contributed by atoms with van der Waals surface area (Å²) in [6.45, 7) is 1.37. The van der Waals surface area contributed by atoms with E-state index in [9.17, 15) is 28.0 Å². The van der Waals surface area contributed by atoms with Crippen molar-refractivity contribution in [2.45, 2.75) is 43.1 Å². The summed E-state index contributed by atoms with van der Waals surface area (Å²) < 4.78 is 45.0. The maximum atomic E-state index is 13.2. The van der Waals surface area contributed by atoms with E-state index in [-0.39, 0.29) is 16.8 Å². The molecule has 1 amide bonds. The summed E-state index contributed by atoms with van der Waals surface area (Å²) in [5.74, 6) is -1.69. The standard InChI is InChI=1S/C21H18F3N3O3S/c1-12-9-16(21(22,23)24)15(10-25)20(26-12)31-11-17(28)30-18(13-5-3-2-4-6-13)19(29)27-14-7-8-14/h2-6,9,14,18H,7-8,11H2,1H3,(H,27,29)/t18-/m1/s1. The molecule has 0 bridgehead atoms. The highest BCUT2D eigenvalue weighted by molar-refractivity contribution is 7.99. The van der Waals surface area contributed by atoms with Gasteiger partial charge in [0.25, 0.3) is 5.91 Å². The minimum absolute atomic E-state index is 0.0576. The number of esters is 1. The van der Waals surface area contributed by atoms with Gasteiger partial charge in [0.2, 0.25) is 6.10 Å². The van der Waals surface area contributed by atoms with Crippen molar-refractivity contribution in [2.24, 2.45) is 0 Å². The number of nitrogens with one attached hydrogen (secondary N) is 1. The van der Waals surface area contributed by atoms with Crippen LogP contribution in [0.4, 0.5) is 13.2 Å². The zero-order valence-corrected chi connectivity index (χ0v) is 17.2. The number of pyridine rings is 1. The number of aromatic nitrogens is 1. The van der Waals surface area contributed by atoms with Gasteiger partial charge in [-0.15, -0.1) is 0 Å². The van der Waals surface area contributed by atoms with Gasteiger partial charge in [0, 0.05) is 17.3 Å². The molecule has 2 aromatic rings. The van der Waals surface area contributed by atoms with Crippen molar-refractivity contribution in [3.63, 3.8) is 0 Å². The average Bonchev–Trinajstić information content (AvgIpc) is 3.54. The van der Waals surface area contributed by atoms with Crippen LogP contribution in [0.2, 0.25) is 0 Å². The summed E-state index contributed by atoms with van der Waals surface area (Å²) in [6.07, 6.45) is -4.20. The Labute approximate surface area is 180 Å². The van der Waals surface area contributed by atoms with Gasteiger partial charge in [0.15, 0.2) is 0 Å². The molecule has 1 aliphatic carbocycles. The van der Waals surface area contributed by atoms with Crippen LogP contribution in [0, 0.1) is 18.3 Å². The number of rotatable bonds is 7. The first-order valence-corrected chi connectivity index (χ1v) is 10.3. The molecule has 1 N–H and O–H groups in total. The molecule has 0 radical (unpaired) electrons. The van der Waals surface area contributed by atoms with Crippen LogP contribution in [0.15, 0.2) is 41.4 Å². The van der Waals surface area contributed by atoms with Crippen LogP contribution in [0.3, 0.4) is 0 Å². The normalized spacial score (nSPS) is 14.4. The molecule has 1 aliphatic rings. The molecule has 1 fully saturated rings. The van der Waals surface area contributed by atoms with Gasteiger partial charge in [-0.05, 0) is 25.8 Å². The second-order valence-corrected chi connectivity index (χ2v) is 7.92. The van der Waals surface area contributed by atoms with Crippen molar-refractivity contribution < 1.29 is 27.5 Å². The van der Waals surface area contributed by atoms with Crippen LogP contribution in [0.1, 0.15) is 41.3 Å². The number of aryl methyl sites for hydroxylation is 1. The Morgan fingerprint density at radius 2 is 2.00 bits per heavy atom. The molecule has 0 unspecified atom stereocenters. The Bertz CT molecular complexity index is 1020. The zero-order valence-electron chi connectivity index (χ0n) is 16.4. The highest BCUT2D eigenvalue weighted by Crippen LogP contribution is 2.36. The average molecular weight is 449 g/mol. The van der Waals surface area contributed by atoms with Gasteiger partial charge >= 0.3 is 12.1 Å². The number of nitrogens with zero attached hydrogens (tertiary/aromatic N) is 2. The lowest BCUT2D eigenvalue weighted by Crippen LogP contribution is -2.33. The summed E-state index contributed by atoms with van der Waals surface area (Å²) in [5, 5.41) is 11.8. The highest BCUT2D eigenvalue weighted by atomic mass is 32.2.